The van der Waals surface area contributed by atoms with Gasteiger partial charge in [0.2, 0.25) is 0 Å². The van der Waals surface area contributed by atoms with Crippen LogP contribution < -0.4 is 4.18 Å². The third kappa shape index (κ3) is 4.19. The van der Waals surface area contributed by atoms with Crippen LogP contribution in [0.4, 0.5) is 0 Å². The first kappa shape index (κ1) is 18.3. The van der Waals surface area contributed by atoms with Crippen molar-refractivity contribution in [3.05, 3.63) is 84.9 Å². The minimum Gasteiger partial charge on any atom is -0.383 e. The van der Waals surface area contributed by atoms with Crippen molar-refractivity contribution in [1.82, 2.24) is 0 Å². The lowest BCUT2D eigenvalue weighted by Gasteiger charge is -2.35. The summed E-state index contributed by atoms with van der Waals surface area (Å²) in [6.45, 7) is 0. The van der Waals surface area contributed by atoms with Crippen molar-refractivity contribution in [3.63, 3.8) is 0 Å². The zero-order valence-electron chi connectivity index (χ0n) is 13.5. The molecule has 3 aromatic rings. The first-order valence-corrected chi connectivity index (χ1v) is 13.5. The Bertz CT molecular complexity index is 901. The van der Waals surface area contributed by atoms with Crippen molar-refractivity contribution in [2.75, 3.05) is 6.26 Å². The molecule has 0 amide bonds. The highest BCUT2D eigenvalue weighted by Gasteiger charge is 2.27. The van der Waals surface area contributed by atoms with Gasteiger partial charge in [0.15, 0.2) is 0 Å². The van der Waals surface area contributed by atoms with E-state index < -0.39 is 17.3 Å². The summed E-state index contributed by atoms with van der Waals surface area (Å²) in [6.07, 6.45) is 1.04. The van der Waals surface area contributed by atoms with Gasteiger partial charge in [0, 0.05) is 14.7 Å². The molecule has 0 aliphatic rings. The van der Waals surface area contributed by atoms with Crippen LogP contribution in [0.5, 0.6) is 5.75 Å². The molecule has 6 heteroatoms. The molecular weight excluding hydrogens is 467 g/mol. The summed E-state index contributed by atoms with van der Waals surface area (Å²) in [4.78, 5) is 3.60. The van der Waals surface area contributed by atoms with E-state index in [9.17, 15) is 8.42 Å². The van der Waals surface area contributed by atoms with Crippen LogP contribution >= 0.6 is 28.4 Å². The molecule has 0 saturated heterocycles. The molecule has 130 valence electrons. The Kier molecular flexibility index (Phi) is 5.41. The zero-order valence-corrected chi connectivity index (χ0v) is 17.3. The van der Waals surface area contributed by atoms with Crippen LogP contribution in [-0.4, -0.2) is 14.7 Å². The largest absolute Gasteiger partial charge is 0.383 e. The summed E-state index contributed by atoms with van der Waals surface area (Å²) in [6, 6.07) is 28.0. The van der Waals surface area contributed by atoms with Gasteiger partial charge in [-0.1, -0.05) is 36.4 Å². The first-order valence-electron chi connectivity index (χ1n) is 7.52. The van der Waals surface area contributed by atoms with Gasteiger partial charge in [0.25, 0.3) is 0 Å². The van der Waals surface area contributed by atoms with E-state index in [0.29, 0.717) is 5.75 Å². The molecule has 25 heavy (non-hydrogen) atoms. The summed E-state index contributed by atoms with van der Waals surface area (Å²) in [5, 5.41) is 0. The van der Waals surface area contributed by atoms with Crippen LogP contribution in [0.3, 0.4) is 0 Å². The molecule has 0 aromatic heterocycles. The third-order valence-corrected chi connectivity index (χ3v) is 11.4. The van der Waals surface area contributed by atoms with Crippen molar-refractivity contribution >= 4 is 38.5 Å². The lowest BCUT2D eigenvalue weighted by atomic mass is 10.3. The van der Waals surface area contributed by atoms with Gasteiger partial charge in [-0.15, -0.1) is 7.20 Å². The molecule has 0 bridgehead atoms. The van der Waals surface area contributed by atoms with Gasteiger partial charge < -0.3 is 4.18 Å². The number of benzene rings is 3. The van der Waals surface area contributed by atoms with E-state index in [1.807, 2.05) is 48.5 Å². The predicted octanol–water partition coefficient (Wildman–Crippen LogP) is 5.66. The third-order valence-electron chi connectivity index (χ3n) is 3.53. The lowest BCUT2D eigenvalue weighted by molar-refractivity contribution is 0.493. The molecule has 0 spiro atoms. The van der Waals surface area contributed by atoms with Crippen molar-refractivity contribution in [2.24, 2.45) is 0 Å². The fourth-order valence-corrected chi connectivity index (χ4v) is 7.98. The van der Waals surface area contributed by atoms with Gasteiger partial charge in [0.05, 0.1) is 6.26 Å². The standard InChI is InChI=1S/C19H17IO3S2/c1-24(21,22)23-16-12-14-19(15-13-16)25(20,17-8-4-2-5-9-17)18-10-6-3-7-11-18/h2-15H,1H3. The van der Waals surface area contributed by atoms with E-state index in [1.165, 1.54) is 9.79 Å². The molecule has 0 aliphatic heterocycles. The fourth-order valence-electron chi connectivity index (χ4n) is 2.48. The molecule has 0 heterocycles. The summed E-state index contributed by atoms with van der Waals surface area (Å²) in [7, 11) is -5.00. The zero-order chi connectivity index (χ0) is 17.9. The Morgan fingerprint density at radius 3 is 1.48 bits per heavy atom. The molecule has 3 aromatic carbocycles. The highest BCUT2D eigenvalue weighted by Crippen LogP contribution is 2.74. The highest BCUT2D eigenvalue weighted by atomic mass is 127. The number of rotatable bonds is 5. The second kappa shape index (κ2) is 7.39. The predicted molar refractivity (Wildman–Crippen MR) is 111 cm³/mol. The molecular formula is C19H17IO3S2. The summed E-state index contributed by atoms with van der Waals surface area (Å²) < 4.78 is 27.6. The van der Waals surface area contributed by atoms with Gasteiger partial charge >= 0.3 is 10.1 Å². The van der Waals surface area contributed by atoms with Crippen molar-refractivity contribution in [1.29, 1.82) is 0 Å². The van der Waals surface area contributed by atoms with Gasteiger partial charge in [-0.25, -0.2) is 0 Å². The molecule has 0 atom stereocenters. The monoisotopic (exact) mass is 484 g/mol. The van der Waals surface area contributed by atoms with Crippen LogP contribution in [0.1, 0.15) is 0 Å². The van der Waals surface area contributed by atoms with Crippen LogP contribution in [0.25, 0.3) is 0 Å². The summed E-state index contributed by atoms with van der Waals surface area (Å²) in [5.41, 5.74) is 0. The number of hydrogen-bond donors (Lipinski definition) is 0. The SMILES string of the molecule is CS(=O)(=O)Oc1ccc(S(I)(c2ccccc2)c2ccccc2)cc1. The Morgan fingerprint density at radius 2 is 1.08 bits per heavy atom. The van der Waals surface area contributed by atoms with E-state index in [-0.39, 0.29) is 0 Å². The Labute approximate surface area is 162 Å². The van der Waals surface area contributed by atoms with E-state index in [0.717, 1.165) is 11.2 Å². The average Bonchev–Trinajstić information content (AvgIpc) is 2.62. The maximum absolute atomic E-state index is 11.3. The van der Waals surface area contributed by atoms with Crippen LogP contribution in [0, 0.1) is 0 Å². The first-order chi connectivity index (χ1) is 11.9. The maximum atomic E-state index is 11.3. The normalized spacial score (nSPS) is 12.6. The molecule has 0 saturated carbocycles. The van der Waals surface area contributed by atoms with E-state index in [1.54, 1.807) is 12.1 Å². The van der Waals surface area contributed by atoms with Gasteiger partial charge in [-0.2, -0.15) is 8.42 Å². The summed E-state index contributed by atoms with van der Waals surface area (Å²) in [5.74, 6) is 0.325. The van der Waals surface area contributed by atoms with E-state index in [4.69, 9.17) is 4.18 Å². The highest BCUT2D eigenvalue weighted by molar-refractivity contribution is 14.2. The minimum atomic E-state index is -3.52. The van der Waals surface area contributed by atoms with Gasteiger partial charge in [-0.3, -0.25) is 0 Å². The Morgan fingerprint density at radius 1 is 0.680 bits per heavy atom. The number of halogens is 1. The smallest absolute Gasteiger partial charge is 0.306 e. The molecule has 0 fully saturated rings. The average molecular weight is 484 g/mol. The van der Waals surface area contributed by atoms with E-state index >= 15 is 0 Å². The fraction of sp³-hybridized carbons (Fsp3) is 0.0526. The quantitative estimate of drug-likeness (QED) is 0.347. The van der Waals surface area contributed by atoms with Crippen LogP contribution in [-0.2, 0) is 10.1 Å². The molecule has 3 rings (SSSR count). The number of hydrogen-bond acceptors (Lipinski definition) is 3. The second-order valence-electron chi connectivity index (χ2n) is 5.42. The van der Waals surface area contributed by atoms with E-state index in [2.05, 4.69) is 45.5 Å². The Balaban J connectivity index is 2.10. The van der Waals surface area contributed by atoms with Crippen molar-refractivity contribution in [2.45, 2.75) is 14.7 Å². The second-order valence-corrected chi connectivity index (χ2v) is 13.5. The molecule has 0 N–H and O–H groups in total. The molecule has 0 radical (unpaired) electrons. The van der Waals surface area contributed by atoms with Crippen molar-refractivity contribution in [3.8, 4) is 5.75 Å². The molecule has 3 nitrogen and oxygen atoms in total. The lowest BCUT2D eigenvalue weighted by Crippen LogP contribution is -2.05. The Hall–Kier alpha value is -1.51. The molecule has 0 unspecified atom stereocenters. The topological polar surface area (TPSA) is 43.4 Å². The molecule has 0 aliphatic carbocycles. The van der Waals surface area contributed by atoms with Crippen LogP contribution in [0.15, 0.2) is 99.6 Å². The van der Waals surface area contributed by atoms with Gasteiger partial charge in [-0.05, 0) is 69.7 Å². The minimum absolute atomic E-state index is 0.325. The van der Waals surface area contributed by atoms with Gasteiger partial charge in [0.1, 0.15) is 5.75 Å². The summed E-state index contributed by atoms with van der Waals surface area (Å²) >= 11 is 2.54. The van der Waals surface area contributed by atoms with Crippen LogP contribution in [0.2, 0.25) is 0 Å². The maximum Gasteiger partial charge on any atom is 0.306 e. The van der Waals surface area contributed by atoms with Crippen molar-refractivity contribution < 1.29 is 12.6 Å².